The molecule has 0 unspecified atom stereocenters. The van der Waals surface area contributed by atoms with E-state index in [4.69, 9.17) is 25.8 Å². The van der Waals surface area contributed by atoms with E-state index in [0.717, 1.165) is 6.42 Å². The lowest BCUT2D eigenvalue weighted by molar-refractivity contribution is -0.115. The molecule has 0 bridgehead atoms. The van der Waals surface area contributed by atoms with Crippen molar-refractivity contribution in [1.82, 2.24) is 4.31 Å². The summed E-state index contributed by atoms with van der Waals surface area (Å²) in [5.41, 5.74) is 1.19. The van der Waals surface area contributed by atoms with E-state index < -0.39 is 10.0 Å². The third-order valence-electron chi connectivity index (χ3n) is 5.39. The number of benzene rings is 2. The SMILES string of the molecule is C[C@@H]1CN(S(=O)(=O)c2ccc(NC(=O)Cc3cc(Cl)c4c(c3)OCCCO4)cc2)C[C@H](C)O1. The second kappa shape index (κ2) is 9.89. The van der Waals surface area contributed by atoms with Gasteiger partial charge in [0.1, 0.15) is 0 Å². The van der Waals surface area contributed by atoms with E-state index in [1.54, 1.807) is 24.3 Å². The number of rotatable bonds is 5. The van der Waals surface area contributed by atoms with Crippen LogP contribution in [-0.4, -0.2) is 57.1 Å². The number of anilines is 1. The third kappa shape index (κ3) is 5.60. The van der Waals surface area contributed by atoms with Gasteiger partial charge in [-0.25, -0.2) is 8.42 Å². The van der Waals surface area contributed by atoms with Crippen molar-refractivity contribution < 1.29 is 27.4 Å². The van der Waals surface area contributed by atoms with Crippen molar-refractivity contribution in [2.45, 2.75) is 43.8 Å². The summed E-state index contributed by atoms with van der Waals surface area (Å²) in [6.07, 6.45) is 0.511. The van der Waals surface area contributed by atoms with Crippen LogP contribution in [0, 0.1) is 0 Å². The average molecular weight is 495 g/mol. The number of ether oxygens (including phenoxy) is 3. The van der Waals surface area contributed by atoms with Gasteiger partial charge in [-0.1, -0.05) is 11.6 Å². The lowest BCUT2D eigenvalue weighted by Gasteiger charge is -2.34. The Morgan fingerprint density at radius 2 is 1.76 bits per heavy atom. The molecule has 0 saturated carbocycles. The molecular weight excluding hydrogens is 468 g/mol. The first kappa shape index (κ1) is 23.8. The Kier molecular flexibility index (Phi) is 7.13. The molecule has 2 heterocycles. The minimum Gasteiger partial charge on any atom is -0.489 e. The van der Waals surface area contributed by atoms with Gasteiger partial charge in [0.05, 0.1) is 41.8 Å². The average Bonchev–Trinajstić information content (AvgIpc) is 2.99. The smallest absolute Gasteiger partial charge is 0.243 e. The molecule has 33 heavy (non-hydrogen) atoms. The van der Waals surface area contributed by atoms with Crippen LogP contribution in [0.2, 0.25) is 5.02 Å². The summed E-state index contributed by atoms with van der Waals surface area (Å²) in [6.45, 7) is 5.38. The highest BCUT2D eigenvalue weighted by Crippen LogP contribution is 2.38. The molecule has 178 valence electrons. The van der Waals surface area contributed by atoms with E-state index in [2.05, 4.69) is 5.32 Å². The zero-order valence-electron chi connectivity index (χ0n) is 18.5. The highest BCUT2D eigenvalue weighted by molar-refractivity contribution is 7.89. The van der Waals surface area contributed by atoms with Crippen LogP contribution in [0.3, 0.4) is 0 Å². The maximum atomic E-state index is 13.0. The van der Waals surface area contributed by atoms with E-state index in [9.17, 15) is 13.2 Å². The van der Waals surface area contributed by atoms with Gasteiger partial charge in [0.25, 0.3) is 0 Å². The van der Waals surface area contributed by atoms with Crippen LogP contribution in [0.15, 0.2) is 41.3 Å². The van der Waals surface area contributed by atoms with Crippen LogP contribution in [-0.2, 0) is 26.0 Å². The molecule has 0 spiro atoms. The molecule has 1 N–H and O–H groups in total. The molecule has 10 heteroatoms. The molecule has 8 nitrogen and oxygen atoms in total. The predicted molar refractivity (Wildman–Crippen MR) is 125 cm³/mol. The van der Waals surface area contributed by atoms with E-state index in [1.807, 2.05) is 13.8 Å². The molecule has 4 rings (SSSR count). The Balaban J connectivity index is 1.41. The zero-order chi connectivity index (χ0) is 23.6. The lowest BCUT2D eigenvalue weighted by atomic mass is 10.1. The van der Waals surface area contributed by atoms with Crippen LogP contribution < -0.4 is 14.8 Å². The number of amides is 1. The summed E-state index contributed by atoms with van der Waals surface area (Å²) in [5, 5.41) is 3.19. The number of nitrogens with zero attached hydrogens (tertiary/aromatic N) is 1. The van der Waals surface area contributed by atoms with Gasteiger partial charge >= 0.3 is 0 Å². The molecule has 2 aromatic rings. The van der Waals surface area contributed by atoms with Crippen molar-refractivity contribution in [3.8, 4) is 11.5 Å². The Morgan fingerprint density at radius 3 is 2.45 bits per heavy atom. The summed E-state index contributed by atoms with van der Waals surface area (Å²) in [5.74, 6) is 0.773. The zero-order valence-corrected chi connectivity index (χ0v) is 20.1. The fraction of sp³-hybridized carbons (Fsp3) is 0.435. The van der Waals surface area contributed by atoms with Crippen molar-refractivity contribution in [1.29, 1.82) is 0 Å². The predicted octanol–water partition coefficient (Wildman–Crippen LogP) is 3.48. The van der Waals surface area contributed by atoms with Crippen LogP contribution in [0.4, 0.5) is 5.69 Å². The number of morpholine rings is 1. The van der Waals surface area contributed by atoms with Gasteiger partial charge in [-0.2, -0.15) is 4.31 Å². The molecule has 1 fully saturated rings. The highest BCUT2D eigenvalue weighted by Gasteiger charge is 2.32. The first-order chi connectivity index (χ1) is 15.7. The standard InChI is InChI=1S/C23H27ClN2O6S/c1-15-13-26(14-16(2)32-15)33(28,29)19-6-4-18(5-7-19)25-22(27)12-17-10-20(24)23-21(11-17)30-8-3-9-31-23/h4-7,10-11,15-16H,3,8-9,12-14H2,1-2H3,(H,25,27)/t15-,16+. The van der Waals surface area contributed by atoms with Crippen LogP contribution >= 0.6 is 11.6 Å². The minimum atomic E-state index is -3.64. The topological polar surface area (TPSA) is 94.2 Å². The van der Waals surface area contributed by atoms with E-state index in [-0.39, 0.29) is 29.4 Å². The van der Waals surface area contributed by atoms with Gasteiger partial charge in [0.2, 0.25) is 15.9 Å². The quantitative estimate of drug-likeness (QED) is 0.684. The second-order valence-electron chi connectivity index (χ2n) is 8.28. The van der Waals surface area contributed by atoms with E-state index in [1.165, 1.54) is 16.4 Å². The summed E-state index contributed by atoms with van der Waals surface area (Å²) in [6, 6.07) is 9.61. The van der Waals surface area contributed by atoms with Gasteiger partial charge in [-0.15, -0.1) is 0 Å². The van der Waals surface area contributed by atoms with Crippen molar-refractivity contribution >= 4 is 33.2 Å². The molecule has 2 aliphatic rings. The van der Waals surface area contributed by atoms with Crippen molar-refractivity contribution in [2.24, 2.45) is 0 Å². The van der Waals surface area contributed by atoms with Crippen molar-refractivity contribution in [2.75, 3.05) is 31.6 Å². The van der Waals surface area contributed by atoms with E-state index in [0.29, 0.717) is 54.1 Å². The second-order valence-corrected chi connectivity index (χ2v) is 10.6. The summed E-state index contributed by atoms with van der Waals surface area (Å²) < 4.78 is 44.3. The molecule has 1 saturated heterocycles. The Labute approximate surface area is 198 Å². The largest absolute Gasteiger partial charge is 0.489 e. The molecule has 0 aromatic heterocycles. The summed E-state index contributed by atoms with van der Waals surface area (Å²) in [4.78, 5) is 12.7. The monoisotopic (exact) mass is 494 g/mol. The maximum Gasteiger partial charge on any atom is 0.243 e. The number of halogens is 1. The minimum absolute atomic E-state index is 0.0833. The van der Waals surface area contributed by atoms with Gasteiger partial charge in [-0.3, -0.25) is 4.79 Å². The van der Waals surface area contributed by atoms with Crippen molar-refractivity contribution in [3.05, 3.63) is 47.0 Å². The Bertz CT molecular complexity index is 1110. The molecule has 2 atom stereocenters. The number of fused-ring (bicyclic) bond motifs is 1. The lowest BCUT2D eigenvalue weighted by Crippen LogP contribution is -2.48. The summed E-state index contributed by atoms with van der Waals surface area (Å²) >= 11 is 6.30. The fourth-order valence-electron chi connectivity index (χ4n) is 3.96. The third-order valence-corrected chi connectivity index (χ3v) is 7.52. The van der Waals surface area contributed by atoms with Crippen LogP contribution in [0.5, 0.6) is 11.5 Å². The number of nitrogens with one attached hydrogen (secondary N) is 1. The molecule has 1 amide bonds. The van der Waals surface area contributed by atoms with Crippen molar-refractivity contribution in [3.63, 3.8) is 0 Å². The first-order valence-electron chi connectivity index (χ1n) is 10.9. The fourth-order valence-corrected chi connectivity index (χ4v) is 5.84. The number of carbonyl (C=O) groups excluding carboxylic acids is 1. The van der Waals surface area contributed by atoms with Gasteiger partial charge in [-0.05, 0) is 55.8 Å². The van der Waals surface area contributed by atoms with Gasteiger partial charge in [0.15, 0.2) is 11.5 Å². The van der Waals surface area contributed by atoms with Gasteiger partial charge < -0.3 is 19.5 Å². The number of carbonyl (C=O) groups is 1. The molecule has 2 aromatic carbocycles. The normalized spacial score (nSPS) is 21.3. The number of sulfonamides is 1. The van der Waals surface area contributed by atoms with Crippen LogP contribution in [0.1, 0.15) is 25.8 Å². The number of hydrogen-bond donors (Lipinski definition) is 1. The van der Waals surface area contributed by atoms with Gasteiger partial charge in [0, 0.05) is 25.2 Å². The summed E-state index contributed by atoms with van der Waals surface area (Å²) in [7, 11) is -3.64. The maximum absolute atomic E-state index is 13.0. The molecule has 0 aliphatic carbocycles. The number of hydrogen-bond acceptors (Lipinski definition) is 6. The van der Waals surface area contributed by atoms with E-state index >= 15 is 0 Å². The highest BCUT2D eigenvalue weighted by atomic mass is 35.5. The molecule has 2 aliphatic heterocycles. The molecule has 0 radical (unpaired) electrons. The Morgan fingerprint density at radius 1 is 1.09 bits per heavy atom. The Hall–Kier alpha value is -2.33. The first-order valence-corrected chi connectivity index (χ1v) is 12.7. The van der Waals surface area contributed by atoms with Crippen LogP contribution in [0.25, 0.3) is 0 Å². The molecular formula is C23H27ClN2O6S.